The molecule has 13 heavy (non-hydrogen) atoms. The molecule has 0 saturated heterocycles. The largest absolute Gasteiger partial charge is 0.508 e. The van der Waals surface area contributed by atoms with Crippen molar-refractivity contribution < 1.29 is 5.11 Å². The molecule has 1 nitrogen and oxygen atoms in total. The Hall–Kier alpha value is -0.183. The van der Waals surface area contributed by atoms with E-state index in [1.807, 2.05) is 12.1 Å². The molecular formula is C9H12Cl2OSi. The van der Waals surface area contributed by atoms with Crippen LogP contribution in [0.2, 0.25) is 6.04 Å². The Morgan fingerprint density at radius 1 is 1.23 bits per heavy atom. The SMILES string of the molecule is Oc1ccc(CC[SiH2]C(Cl)Cl)cc1. The lowest BCUT2D eigenvalue weighted by Gasteiger charge is -2.01. The first-order valence-corrected chi connectivity index (χ1v) is 6.93. The molecule has 0 atom stereocenters. The van der Waals surface area contributed by atoms with Crippen LogP contribution in [0.3, 0.4) is 0 Å². The van der Waals surface area contributed by atoms with Crippen molar-refractivity contribution in [2.24, 2.45) is 0 Å². The summed E-state index contributed by atoms with van der Waals surface area (Å²) in [6.07, 6.45) is 1.02. The molecule has 1 aromatic carbocycles. The Balaban J connectivity index is 2.33. The third kappa shape index (κ3) is 4.55. The Kier molecular flexibility index (Phi) is 4.63. The molecular weight excluding hydrogens is 223 g/mol. The number of halogens is 2. The maximum absolute atomic E-state index is 9.04. The van der Waals surface area contributed by atoms with Crippen molar-refractivity contribution in [1.82, 2.24) is 0 Å². The zero-order valence-corrected chi connectivity index (χ0v) is 10.1. The van der Waals surface area contributed by atoms with E-state index in [2.05, 4.69) is 0 Å². The number of alkyl halides is 2. The van der Waals surface area contributed by atoms with Crippen molar-refractivity contribution in [3.8, 4) is 5.75 Å². The van der Waals surface area contributed by atoms with Crippen LogP contribution in [0, 0.1) is 0 Å². The van der Waals surface area contributed by atoms with Gasteiger partial charge in [0.05, 0.1) is 14.0 Å². The topological polar surface area (TPSA) is 20.2 Å². The second kappa shape index (κ2) is 5.53. The second-order valence-corrected chi connectivity index (χ2v) is 7.36. The van der Waals surface area contributed by atoms with E-state index in [1.54, 1.807) is 12.1 Å². The number of phenols is 1. The van der Waals surface area contributed by atoms with Crippen LogP contribution in [0.5, 0.6) is 5.75 Å². The molecule has 0 amide bonds. The number of rotatable bonds is 4. The van der Waals surface area contributed by atoms with E-state index in [1.165, 1.54) is 5.56 Å². The fourth-order valence-corrected chi connectivity index (χ4v) is 2.97. The van der Waals surface area contributed by atoms with Crippen LogP contribution >= 0.6 is 23.2 Å². The molecule has 0 fully saturated rings. The van der Waals surface area contributed by atoms with Crippen molar-refractivity contribution in [2.45, 2.75) is 16.9 Å². The van der Waals surface area contributed by atoms with Gasteiger partial charge in [-0.15, -0.1) is 23.2 Å². The minimum Gasteiger partial charge on any atom is -0.508 e. The van der Waals surface area contributed by atoms with Crippen LogP contribution in [0.1, 0.15) is 5.56 Å². The fourth-order valence-electron chi connectivity index (χ4n) is 1.12. The lowest BCUT2D eigenvalue weighted by atomic mass is 10.2. The zero-order chi connectivity index (χ0) is 9.68. The van der Waals surface area contributed by atoms with Gasteiger partial charge in [-0.1, -0.05) is 18.2 Å². The Morgan fingerprint density at radius 3 is 2.38 bits per heavy atom. The third-order valence-corrected chi connectivity index (χ3v) is 4.33. The minimum absolute atomic E-state index is 0.128. The average Bonchev–Trinajstić information content (AvgIpc) is 2.08. The minimum atomic E-state index is -0.339. The Bertz CT molecular complexity index is 248. The maximum Gasteiger partial charge on any atom is 0.115 e. The van der Waals surface area contributed by atoms with Gasteiger partial charge in [0, 0.05) is 0 Å². The highest BCUT2D eigenvalue weighted by Crippen LogP contribution is 2.12. The van der Waals surface area contributed by atoms with Gasteiger partial charge in [0.1, 0.15) is 5.75 Å². The number of benzene rings is 1. The van der Waals surface area contributed by atoms with E-state index in [9.17, 15) is 0 Å². The first-order valence-electron chi connectivity index (χ1n) is 4.24. The number of aromatic hydroxyl groups is 1. The van der Waals surface area contributed by atoms with Gasteiger partial charge in [0.25, 0.3) is 0 Å². The van der Waals surface area contributed by atoms with Gasteiger partial charge < -0.3 is 5.11 Å². The fraction of sp³-hybridized carbons (Fsp3) is 0.333. The Labute approximate surface area is 90.5 Å². The van der Waals surface area contributed by atoms with Crippen molar-refractivity contribution in [3.05, 3.63) is 29.8 Å². The molecule has 0 aromatic heterocycles. The quantitative estimate of drug-likeness (QED) is 0.627. The summed E-state index contributed by atoms with van der Waals surface area (Å²) in [6.45, 7) is 0. The normalized spacial score (nSPS) is 11.6. The molecule has 0 bridgehead atoms. The van der Waals surface area contributed by atoms with Crippen LogP contribution in [-0.2, 0) is 6.42 Å². The van der Waals surface area contributed by atoms with Crippen molar-refractivity contribution >= 4 is 32.7 Å². The molecule has 1 aromatic rings. The maximum atomic E-state index is 9.04. The third-order valence-electron chi connectivity index (χ3n) is 1.82. The van der Waals surface area contributed by atoms with Gasteiger partial charge >= 0.3 is 0 Å². The summed E-state index contributed by atoms with van der Waals surface area (Å²) >= 11 is 11.3. The van der Waals surface area contributed by atoms with E-state index in [0.717, 1.165) is 12.5 Å². The van der Waals surface area contributed by atoms with Crippen LogP contribution in [0.25, 0.3) is 0 Å². The van der Waals surface area contributed by atoms with E-state index in [4.69, 9.17) is 28.3 Å². The van der Waals surface area contributed by atoms with Crippen molar-refractivity contribution in [1.29, 1.82) is 0 Å². The van der Waals surface area contributed by atoms with Gasteiger partial charge in [-0.2, -0.15) is 0 Å². The molecule has 72 valence electrons. The van der Waals surface area contributed by atoms with Gasteiger partial charge in [0.2, 0.25) is 0 Å². The molecule has 0 aliphatic heterocycles. The zero-order valence-electron chi connectivity index (χ0n) is 7.21. The molecule has 0 aliphatic rings. The first kappa shape index (κ1) is 10.9. The highest BCUT2D eigenvalue weighted by atomic mass is 35.5. The summed E-state index contributed by atoms with van der Waals surface area (Å²) in [6, 6.07) is 8.39. The number of hydrogen-bond acceptors (Lipinski definition) is 1. The lowest BCUT2D eigenvalue weighted by Crippen LogP contribution is -2.01. The summed E-state index contributed by atoms with van der Waals surface area (Å²) in [5, 5.41) is 9.04. The molecule has 0 aliphatic carbocycles. The number of phenolic OH excluding ortho intramolecular Hbond substituents is 1. The predicted molar refractivity (Wildman–Crippen MR) is 60.7 cm³/mol. The van der Waals surface area contributed by atoms with Crippen molar-refractivity contribution in [2.75, 3.05) is 0 Å². The molecule has 0 radical (unpaired) electrons. The second-order valence-electron chi connectivity index (χ2n) is 2.95. The summed E-state index contributed by atoms with van der Waals surface area (Å²) in [5.41, 5.74) is 1.24. The molecule has 4 heteroatoms. The standard InChI is InChI=1S/C9H12Cl2OSi/c10-9(11)13-6-5-7-1-3-8(12)4-2-7/h1-4,9,12H,5-6,13H2. The van der Waals surface area contributed by atoms with Gasteiger partial charge in [0.15, 0.2) is 0 Å². The highest BCUT2D eigenvalue weighted by Gasteiger charge is 2.00. The predicted octanol–water partition coefficient (Wildman–Crippen LogP) is 2.28. The molecule has 0 spiro atoms. The van der Waals surface area contributed by atoms with Gasteiger partial charge in [-0.3, -0.25) is 0 Å². The van der Waals surface area contributed by atoms with Gasteiger partial charge in [-0.25, -0.2) is 0 Å². The summed E-state index contributed by atoms with van der Waals surface area (Å²) in [4.78, 5) is 0. The van der Waals surface area contributed by atoms with Crippen LogP contribution in [0.4, 0.5) is 0 Å². The van der Waals surface area contributed by atoms with E-state index in [-0.39, 0.29) is 14.0 Å². The van der Waals surface area contributed by atoms with Gasteiger partial charge in [-0.05, 0) is 24.1 Å². The summed E-state index contributed by atoms with van der Waals surface area (Å²) < 4.78 is -0.128. The Morgan fingerprint density at radius 2 is 1.85 bits per heavy atom. The lowest BCUT2D eigenvalue weighted by molar-refractivity contribution is 0.475. The summed E-state index contributed by atoms with van der Waals surface area (Å²) in [5.74, 6) is 0.313. The smallest absolute Gasteiger partial charge is 0.115 e. The van der Waals surface area contributed by atoms with Crippen LogP contribution < -0.4 is 0 Å². The van der Waals surface area contributed by atoms with E-state index in [0.29, 0.717) is 5.75 Å². The summed E-state index contributed by atoms with van der Waals surface area (Å²) in [7, 11) is -0.339. The number of hydrogen-bond donors (Lipinski definition) is 1. The van der Waals surface area contributed by atoms with Crippen molar-refractivity contribution in [3.63, 3.8) is 0 Å². The van der Waals surface area contributed by atoms with E-state index < -0.39 is 0 Å². The van der Waals surface area contributed by atoms with Crippen LogP contribution in [0.15, 0.2) is 24.3 Å². The number of aryl methyl sites for hydroxylation is 1. The first-order chi connectivity index (χ1) is 6.18. The molecule has 1 N–H and O–H groups in total. The molecule has 0 heterocycles. The average molecular weight is 235 g/mol. The molecule has 0 unspecified atom stereocenters. The molecule has 0 saturated carbocycles. The highest BCUT2D eigenvalue weighted by molar-refractivity contribution is 6.68. The van der Waals surface area contributed by atoms with Crippen LogP contribution in [-0.4, -0.2) is 19.1 Å². The molecule has 1 rings (SSSR count). The van der Waals surface area contributed by atoms with E-state index >= 15 is 0 Å². The monoisotopic (exact) mass is 234 g/mol.